The van der Waals surface area contributed by atoms with E-state index in [-0.39, 0.29) is 12.1 Å². The van der Waals surface area contributed by atoms with E-state index in [1.807, 2.05) is 11.8 Å². The van der Waals surface area contributed by atoms with E-state index >= 15 is 0 Å². The third-order valence-electron chi connectivity index (χ3n) is 3.53. The van der Waals surface area contributed by atoms with Crippen molar-refractivity contribution in [3.63, 3.8) is 0 Å². The minimum absolute atomic E-state index is 0.0543. The molecule has 0 bridgehead atoms. The monoisotopic (exact) mass is 252 g/mol. The van der Waals surface area contributed by atoms with Gasteiger partial charge >= 0.3 is 0 Å². The first-order chi connectivity index (χ1) is 8.12. The second kappa shape index (κ2) is 4.78. The van der Waals surface area contributed by atoms with E-state index in [2.05, 4.69) is 36.0 Å². The van der Waals surface area contributed by atoms with Crippen LogP contribution in [-0.4, -0.2) is 22.9 Å². The first-order valence-electron chi connectivity index (χ1n) is 6.23. The van der Waals surface area contributed by atoms with E-state index < -0.39 is 5.54 Å². The van der Waals surface area contributed by atoms with Crippen molar-refractivity contribution in [1.82, 2.24) is 10.2 Å². The van der Waals surface area contributed by atoms with Crippen LogP contribution in [0.5, 0.6) is 0 Å². The van der Waals surface area contributed by atoms with Crippen LogP contribution in [0, 0.1) is 0 Å². The van der Waals surface area contributed by atoms with E-state index in [1.165, 1.54) is 5.56 Å². The molecule has 1 saturated heterocycles. The van der Waals surface area contributed by atoms with Crippen LogP contribution in [-0.2, 0) is 4.79 Å². The number of rotatable bonds is 4. The Bertz CT molecular complexity index is 390. The molecule has 0 radical (unpaired) electrons. The van der Waals surface area contributed by atoms with Crippen molar-refractivity contribution in [2.75, 3.05) is 6.54 Å². The van der Waals surface area contributed by atoms with E-state index in [0.29, 0.717) is 0 Å². The fraction of sp³-hybridized carbons (Fsp3) is 0.615. The first kappa shape index (κ1) is 12.6. The highest BCUT2D eigenvalue weighted by Gasteiger charge is 2.46. The Morgan fingerprint density at radius 3 is 2.82 bits per heavy atom. The maximum atomic E-state index is 12.4. The first-order valence-corrected chi connectivity index (χ1v) is 7.17. The molecule has 1 aliphatic rings. The molecule has 1 fully saturated rings. The van der Waals surface area contributed by atoms with Crippen molar-refractivity contribution in [3.05, 3.63) is 22.4 Å². The van der Waals surface area contributed by atoms with Gasteiger partial charge in [0.1, 0.15) is 6.17 Å². The lowest BCUT2D eigenvalue weighted by atomic mass is 9.99. The lowest BCUT2D eigenvalue weighted by Crippen LogP contribution is -2.43. The van der Waals surface area contributed by atoms with Crippen molar-refractivity contribution in [2.45, 2.75) is 45.3 Å². The van der Waals surface area contributed by atoms with Crippen LogP contribution in [0.25, 0.3) is 0 Å². The molecular weight excluding hydrogens is 232 g/mol. The van der Waals surface area contributed by atoms with Gasteiger partial charge in [0.05, 0.1) is 5.54 Å². The minimum Gasteiger partial charge on any atom is -0.321 e. The molecule has 0 aliphatic carbocycles. The van der Waals surface area contributed by atoms with Crippen molar-refractivity contribution in [1.29, 1.82) is 0 Å². The number of hydrogen-bond acceptors (Lipinski definition) is 3. The van der Waals surface area contributed by atoms with Gasteiger partial charge < -0.3 is 4.90 Å². The molecule has 1 amide bonds. The van der Waals surface area contributed by atoms with Crippen molar-refractivity contribution in [2.24, 2.45) is 0 Å². The van der Waals surface area contributed by atoms with Gasteiger partial charge in [-0.05, 0) is 42.2 Å². The van der Waals surface area contributed by atoms with Crippen LogP contribution in [0.4, 0.5) is 0 Å². The van der Waals surface area contributed by atoms with Crippen molar-refractivity contribution >= 4 is 17.2 Å². The summed E-state index contributed by atoms with van der Waals surface area (Å²) in [4.78, 5) is 14.4. The van der Waals surface area contributed by atoms with Gasteiger partial charge in [0, 0.05) is 6.54 Å². The smallest absolute Gasteiger partial charge is 0.244 e. The van der Waals surface area contributed by atoms with E-state index in [4.69, 9.17) is 0 Å². The molecule has 0 saturated carbocycles. The van der Waals surface area contributed by atoms with Gasteiger partial charge in [-0.2, -0.15) is 11.3 Å². The lowest BCUT2D eigenvalue weighted by Gasteiger charge is -2.22. The van der Waals surface area contributed by atoms with Crippen LogP contribution >= 0.6 is 11.3 Å². The van der Waals surface area contributed by atoms with Gasteiger partial charge in [-0.3, -0.25) is 10.1 Å². The summed E-state index contributed by atoms with van der Waals surface area (Å²) in [6.45, 7) is 7.00. The summed E-state index contributed by atoms with van der Waals surface area (Å²) >= 11 is 1.68. The minimum atomic E-state index is -0.401. The number of nitrogens with zero attached hydrogens (tertiary/aromatic N) is 1. The third-order valence-corrected chi connectivity index (χ3v) is 4.23. The summed E-state index contributed by atoms with van der Waals surface area (Å²) in [5.74, 6) is 0.234. The SMILES string of the molecule is CCCN1C(=O)C(C)(CC)NC1c1ccsc1. The zero-order chi connectivity index (χ0) is 12.5. The molecule has 0 spiro atoms. The molecule has 2 heterocycles. The molecule has 2 atom stereocenters. The second-order valence-electron chi connectivity index (χ2n) is 4.79. The molecule has 2 unspecified atom stereocenters. The largest absolute Gasteiger partial charge is 0.321 e. The molecule has 94 valence electrons. The Morgan fingerprint density at radius 1 is 1.53 bits per heavy atom. The van der Waals surface area contributed by atoms with Crippen LogP contribution < -0.4 is 5.32 Å². The number of carbonyl (C=O) groups is 1. The Balaban J connectivity index is 2.29. The predicted molar refractivity (Wildman–Crippen MR) is 70.9 cm³/mol. The normalized spacial score (nSPS) is 29.0. The summed E-state index contributed by atoms with van der Waals surface area (Å²) in [5, 5.41) is 7.67. The third kappa shape index (κ3) is 2.11. The second-order valence-corrected chi connectivity index (χ2v) is 5.57. The summed E-state index contributed by atoms with van der Waals surface area (Å²) in [6.07, 6.45) is 1.87. The van der Waals surface area contributed by atoms with Crippen molar-refractivity contribution in [3.8, 4) is 0 Å². The number of hydrogen-bond donors (Lipinski definition) is 1. The van der Waals surface area contributed by atoms with Gasteiger partial charge in [-0.15, -0.1) is 0 Å². The fourth-order valence-electron chi connectivity index (χ4n) is 2.29. The quantitative estimate of drug-likeness (QED) is 0.893. The lowest BCUT2D eigenvalue weighted by molar-refractivity contribution is -0.133. The van der Waals surface area contributed by atoms with Gasteiger partial charge in [0.15, 0.2) is 0 Å². The highest BCUT2D eigenvalue weighted by Crippen LogP contribution is 2.33. The standard InChI is InChI=1S/C13H20N2OS/c1-4-7-15-11(10-6-8-17-9-10)14-13(3,5-2)12(15)16/h6,8-9,11,14H,4-5,7H2,1-3H3. The molecule has 1 aliphatic heterocycles. The predicted octanol–water partition coefficient (Wildman–Crippen LogP) is 2.76. The van der Waals surface area contributed by atoms with Crippen LogP contribution in [0.1, 0.15) is 45.3 Å². The number of amides is 1. The van der Waals surface area contributed by atoms with Crippen LogP contribution in [0.3, 0.4) is 0 Å². The van der Waals surface area contributed by atoms with Crippen LogP contribution in [0.15, 0.2) is 16.8 Å². The summed E-state index contributed by atoms with van der Waals surface area (Å²) in [5.41, 5.74) is 0.802. The summed E-state index contributed by atoms with van der Waals surface area (Å²) in [6, 6.07) is 2.10. The zero-order valence-corrected chi connectivity index (χ0v) is 11.5. The van der Waals surface area contributed by atoms with Crippen LogP contribution in [0.2, 0.25) is 0 Å². The zero-order valence-electron chi connectivity index (χ0n) is 10.7. The molecule has 17 heavy (non-hydrogen) atoms. The number of nitrogens with one attached hydrogen (secondary N) is 1. The molecule has 2 rings (SSSR count). The van der Waals surface area contributed by atoms with E-state index in [1.54, 1.807) is 11.3 Å². The summed E-state index contributed by atoms with van der Waals surface area (Å²) < 4.78 is 0. The molecule has 1 aromatic heterocycles. The molecule has 0 aromatic carbocycles. The molecule has 1 N–H and O–H groups in total. The highest BCUT2D eigenvalue weighted by molar-refractivity contribution is 7.07. The van der Waals surface area contributed by atoms with Gasteiger partial charge in [0.25, 0.3) is 0 Å². The molecule has 4 heteroatoms. The van der Waals surface area contributed by atoms with Gasteiger partial charge in [-0.1, -0.05) is 13.8 Å². The fourth-order valence-corrected chi connectivity index (χ4v) is 2.97. The number of carbonyl (C=O) groups excluding carboxylic acids is 1. The highest BCUT2D eigenvalue weighted by atomic mass is 32.1. The van der Waals surface area contributed by atoms with E-state index in [9.17, 15) is 4.79 Å². The maximum absolute atomic E-state index is 12.4. The molecular formula is C13H20N2OS. The average Bonchev–Trinajstić information content (AvgIpc) is 2.92. The van der Waals surface area contributed by atoms with Crippen molar-refractivity contribution < 1.29 is 4.79 Å². The van der Waals surface area contributed by atoms with Gasteiger partial charge in [0.2, 0.25) is 5.91 Å². The molecule has 1 aromatic rings. The van der Waals surface area contributed by atoms with Gasteiger partial charge in [-0.25, -0.2) is 0 Å². The Labute approximate surface area is 107 Å². The van der Waals surface area contributed by atoms with E-state index in [0.717, 1.165) is 19.4 Å². The summed E-state index contributed by atoms with van der Waals surface area (Å²) in [7, 11) is 0. The molecule has 3 nitrogen and oxygen atoms in total. The Hall–Kier alpha value is -0.870. The number of thiophene rings is 1. The Kier molecular flexibility index (Phi) is 3.54. The topological polar surface area (TPSA) is 32.3 Å². The maximum Gasteiger partial charge on any atom is 0.244 e. The average molecular weight is 252 g/mol. The Morgan fingerprint density at radius 2 is 2.29 bits per heavy atom.